The van der Waals surface area contributed by atoms with E-state index in [0.29, 0.717) is 48.6 Å². The highest BCUT2D eigenvalue weighted by Gasteiger charge is 2.33. The standard InChI is InChI=1S/C21H24FNO5/c1-26-13-28-20-16(8-10-24)19(27-2)11-17-18(20)12-23(21(17)25)9-7-14-3-5-15(22)6-4-14/h3-6,11,24H,7-10,12-13H2,1-2H3. The van der Waals surface area contributed by atoms with Crippen LogP contribution < -0.4 is 9.47 Å². The van der Waals surface area contributed by atoms with Crippen molar-refractivity contribution in [2.45, 2.75) is 19.4 Å². The van der Waals surface area contributed by atoms with E-state index in [9.17, 15) is 14.3 Å². The number of fused-ring (bicyclic) bond motifs is 1. The number of carbonyl (C=O) groups is 1. The summed E-state index contributed by atoms with van der Waals surface area (Å²) in [6, 6.07) is 7.98. The number of hydrogen-bond acceptors (Lipinski definition) is 5. The van der Waals surface area contributed by atoms with Crippen LogP contribution in [0.1, 0.15) is 27.0 Å². The molecular weight excluding hydrogens is 365 g/mol. The molecule has 7 heteroatoms. The molecule has 0 fully saturated rings. The average molecular weight is 389 g/mol. The molecule has 0 bridgehead atoms. The molecule has 0 saturated heterocycles. The molecular formula is C21H24FNO5. The van der Waals surface area contributed by atoms with E-state index in [0.717, 1.165) is 11.1 Å². The summed E-state index contributed by atoms with van der Waals surface area (Å²) in [4.78, 5) is 14.6. The maximum Gasteiger partial charge on any atom is 0.254 e. The zero-order valence-corrected chi connectivity index (χ0v) is 16.0. The third-order valence-corrected chi connectivity index (χ3v) is 4.80. The molecule has 0 spiro atoms. The maximum absolute atomic E-state index is 13.1. The van der Waals surface area contributed by atoms with E-state index in [1.54, 1.807) is 23.1 Å². The second-order valence-corrected chi connectivity index (χ2v) is 6.54. The third kappa shape index (κ3) is 4.10. The fourth-order valence-electron chi connectivity index (χ4n) is 3.42. The molecule has 0 aromatic heterocycles. The van der Waals surface area contributed by atoms with Crippen molar-refractivity contribution >= 4 is 5.91 Å². The quantitative estimate of drug-likeness (QED) is 0.668. The number of nitrogens with zero attached hydrogens (tertiary/aromatic N) is 1. The lowest BCUT2D eigenvalue weighted by Gasteiger charge is -2.17. The summed E-state index contributed by atoms with van der Waals surface area (Å²) in [6.45, 7) is 0.861. The van der Waals surface area contributed by atoms with Gasteiger partial charge in [0, 0.05) is 37.8 Å². The Morgan fingerprint density at radius 1 is 1.18 bits per heavy atom. The number of ether oxygens (including phenoxy) is 3. The molecule has 1 aliphatic rings. The van der Waals surface area contributed by atoms with Gasteiger partial charge in [0.25, 0.3) is 5.91 Å². The SMILES string of the molecule is COCOc1c(CCO)c(OC)cc2c1CN(CCc1ccc(F)cc1)C2=O. The Bertz CT molecular complexity index is 838. The Morgan fingerprint density at radius 2 is 1.93 bits per heavy atom. The fraction of sp³-hybridized carbons (Fsp3) is 0.381. The number of methoxy groups -OCH3 is 2. The smallest absolute Gasteiger partial charge is 0.254 e. The largest absolute Gasteiger partial charge is 0.496 e. The minimum atomic E-state index is -0.281. The van der Waals surface area contributed by atoms with Gasteiger partial charge in [0.15, 0.2) is 6.79 Å². The van der Waals surface area contributed by atoms with Crippen molar-refractivity contribution in [1.82, 2.24) is 4.90 Å². The molecule has 28 heavy (non-hydrogen) atoms. The van der Waals surface area contributed by atoms with Gasteiger partial charge in [-0.3, -0.25) is 4.79 Å². The molecule has 150 valence electrons. The van der Waals surface area contributed by atoms with Crippen LogP contribution in [0.3, 0.4) is 0 Å². The average Bonchev–Trinajstić information content (AvgIpc) is 3.02. The van der Waals surface area contributed by atoms with E-state index in [1.807, 2.05) is 0 Å². The lowest BCUT2D eigenvalue weighted by atomic mass is 10.0. The van der Waals surface area contributed by atoms with Crippen LogP contribution >= 0.6 is 0 Å². The predicted octanol–water partition coefficient (Wildman–Crippen LogP) is 2.55. The molecule has 2 aromatic carbocycles. The molecule has 0 saturated carbocycles. The van der Waals surface area contributed by atoms with Crippen LogP contribution in [0.2, 0.25) is 0 Å². The van der Waals surface area contributed by atoms with Gasteiger partial charge in [-0.15, -0.1) is 0 Å². The first kappa shape index (κ1) is 20.1. The van der Waals surface area contributed by atoms with Crippen LogP contribution in [0.25, 0.3) is 0 Å². The van der Waals surface area contributed by atoms with E-state index in [-0.39, 0.29) is 25.1 Å². The molecule has 1 aliphatic heterocycles. The number of carbonyl (C=O) groups excluding carboxylic acids is 1. The first-order valence-electron chi connectivity index (χ1n) is 9.08. The Morgan fingerprint density at radius 3 is 2.57 bits per heavy atom. The number of amides is 1. The first-order valence-corrected chi connectivity index (χ1v) is 9.08. The van der Waals surface area contributed by atoms with Crippen molar-refractivity contribution in [1.29, 1.82) is 0 Å². The van der Waals surface area contributed by atoms with Crippen LogP contribution in [0.4, 0.5) is 4.39 Å². The Kier molecular flexibility index (Phi) is 6.49. The van der Waals surface area contributed by atoms with Gasteiger partial charge in [-0.1, -0.05) is 12.1 Å². The van der Waals surface area contributed by atoms with Gasteiger partial charge in [0.05, 0.1) is 19.2 Å². The Labute approximate surface area is 163 Å². The molecule has 3 rings (SSSR count). The molecule has 0 radical (unpaired) electrons. The second-order valence-electron chi connectivity index (χ2n) is 6.54. The summed E-state index contributed by atoms with van der Waals surface area (Å²) in [5.41, 5.74) is 2.97. The van der Waals surface area contributed by atoms with E-state index in [2.05, 4.69) is 0 Å². The van der Waals surface area contributed by atoms with E-state index >= 15 is 0 Å². The van der Waals surface area contributed by atoms with Gasteiger partial charge in [0.2, 0.25) is 0 Å². The summed E-state index contributed by atoms with van der Waals surface area (Å²) >= 11 is 0. The molecule has 1 heterocycles. The normalized spacial score (nSPS) is 13.0. The molecule has 1 amide bonds. The number of hydrogen-bond donors (Lipinski definition) is 1. The molecule has 2 aromatic rings. The fourth-order valence-corrected chi connectivity index (χ4v) is 3.42. The van der Waals surface area contributed by atoms with E-state index < -0.39 is 0 Å². The van der Waals surface area contributed by atoms with Crippen LogP contribution in [0, 0.1) is 5.82 Å². The van der Waals surface area contributed by atoms with Crippen molar-refractivity contribution in [2.24, 2.45) is 0 Å². The first-order chi connectivity index (χ1) is 13.6. The zero-order chi connectivity index (χ0) is 20.1. The topological polar surface area (TPSA) is 68.2 Å². The van der Waals surface area contributed by atoms with Gasteiger partial charge >= 0.3 is 0 Å². The van der Waals surface area contributed by atoms with Crippen molar-refractivity contribution in [3.63, 3.8) is 0 Å². The number of aliphatic hydroxyl groups is 1. The van der Waals surface area contributed by atoms with Crippen molar-refractivity contribution < 1.29 is 28.5 Å². The number of halogens is 1. The molecule has 6 nitrogen and oxygen atoms in total. The van der Waals surface area contributed by atoms with Crippen molar-refractivity contribution in [3.8, 4) is 11.5 Å². The van der Waals surface area contributed by atoms with E-state index in [1.165, 1.54) is 26.4 Å². The molecule has 0 unspecified atom stereocenters. The molecule has 1 N–H and O–H groups in total. The van der Waals surface area contributed by atoms with E-state index in [4.69, 9.17) is 14.2 Å². The Balaban J connectivity index is 1.86. The van der Waals surface area contributed by atoms with Gasteiger partial charge in [-0.05, 0) is 30.2 Å². The summed E-state index contributed by atoms with van der Waals surface area (Å²) < 4.78 is 29.3. The second kappa shape index (κ2) is 9.03. The number of aliphatic hydroxyl groups excluding tert-OH is 1. The number of benzene rings is 2. The zero-order valence-electron chi connectivity index (χ0n) is 16.0. The van der Waals surface area contributed by atoms with Gasteiger partial charge < -0.3 is 24.2 Å². The lowest BCUT2D eigenvalue weighted by Crippen LogP contribution is -2.26. The van der Waals surface area contributed by atoms with Crippen molar-refractivity contribution in [2.75, 3.05) is 34.2 Å². The highest BCUT2D eigenvalue weighted by molar-refractivity contribution is 6.00. The van der Waals surface area contributed by atoms with Crippen LogP contribution in [0.5, 0.6) is 11.5 Å². The van der Waals surface area contributed by atoms with Gasteiger partial charge in [-0.2, -0.15) is 0 Å². The molecule has 0 aliphatic carbocycles. The predicted molar refractivity (Wildman–Crippen MR) is 101 cm³/mol. The lowest BCUT2D eigenvalue weighted by molar-refractivity contribution is 0.0491. The Hall–Kier alpha value is -2.64. The summed E-state index contributed by atoms with van der Waals surface area (Å²) in [5, 5.41) is 9.43. The highest BCUT2D eigenvalue weighted by atomic mass is 19.1. The van der Waals surface area contributed by atoms with Crippen LogP contribution in [0.15, 0.2) is 30.3 Å². The minimum Gasteiger partial charge on any atom is -0.496 e. The van der Waals surface area contributed by atoms with Crippen LogP contribution in [-0.2, 0) is 24.1 Å². The highest BCUT2D eigenvalue weighted by Crippen LogP contribution is 2.40. The number of rotatable bonds is 9. The maximum atomic E-state index is 13.1. The van der Waals surface area contributed by atoms with Gasteiger partial charge in [0.1, 0.15) is 17.3 Å². The third-order valence-electron chi connectivity index (χ3n) is 4.80. The van der Waals surface area contributed by atoms with Crippen LogP contribution in [-0.4, -0.2) is 50.1 Å². The molecule has 0 atom stereocenters. The van der Waals surface area contributed by atoms with Gasteiger partial charge in [-0.25, -0.2) is 4.39 Å². The summed E-state index contributed by atoms with van der Waals surface area (Å²) in [7, 11) is 3.04. The summed E-state index contributed by atoms with van der Waals surface area (Å²) in [6.07, 6.45) is 0.966. The minimum absolute atomic E-state index is 0.0296. The van der Waals surface area contributed by atoms with Crippen molar-refractivity contribution in [3.05, 3.63) is 58.4 Å². The monoisotopic (exact) mass is 389 g/mol. The summed E-state index contributed by atoms with van der Waals surface area (Å²) in [5.74, 6) is 0.653.